The Morgan fingerprint density at radius 1 is 1.07 bits per heavy atom. The zero-order valence-electron chi connectivity index (χ0n) is 23.6. The standard InChI is InChI=1S/C30H22FN9O6/c31-17-5-1-13(9-19(17)36-24-23(32)25(41)26(24)42)12-33-29(44)21-11-20(35-22-7-8-34-40(21)22)28(43)37-18-6-3-14-10-15(2-4-16(14)18)27-38-30(45)46-39-27/h1-2,4-5,7-11,18,36H,3,6,12,32H2,(H,33,44)(H,37,43)(H,38,39,45)/t18-/m0/s1. The molecule has 2 amide bonds. The number of aromatic amines is 1. The number of aryl methyl sites for hydroxylation is 1. The minimum absolute atomic E-state index is 0.00207. The van der Waals surface area contributed by atoms with Crippen molar-refractivity contribution in [3.8, 4) is 11.4 Å². The highest BCUT2D eigenvalue weighted by Crippen LogP contribution is 2.33. The minimum atomic E-state index is -0.843. The van der Waals surface area contributed by atoms with Crippen LogP contribution in [0.1, 0.15) is 50.1 Å². The van der Waals surface area contributed by atoms with Gasteiger partial charge in [-0.15, -0.1) is 0 Å². The molecule has 46 heavy (non-hydrogen) atoms. The molecule has 0 spiro atoms. The molecule has 0 bridgehead atoms. The van der Waals surface area contributed by atoms with E-state index in [4.69, 9.17) is 5.73 Å². The normalized spacial score (nSPS) is 14.0. The molecule has 6 N–H and O–H groups in total. The van der Waals surface area contributed by atoms with E-state index in [-0.39, 0.29) is 46.7 Å². The fraction of sp³-hybridized carbons (Fsp3) is 0.133. The van der Waals surface area contributed by atoms with Crippen molar-refractivity contribution in [3.63, 3.8) is 0 Å². The number of amides is 2. The van der Waals surface area contributed by atoms with Gasteiger partial charge in [0.15, 0.2) is 11.5 Å². The van der Waals surface area contributed by atoms with E-state index in [0.717, 1.165) is 17.2 Å². The lowest BCUT2D eigenvalue weighted by Gasteiger charge is -2.15. The molecule has 0 saturated carbocycles. The number of halogens is 1. The molecule has 3 aromatic heterocycles. The van der Waals surface area contributed by atoms with Crippen LogP contribution >= 0.6 is 0 Å². The highest BCUT2D eigenvalue weighted by atomic mass is 19.1. The van der Waals surface area contributed by atoms with E-state index in [1.165, 1.54) is 28.9 Å². The summed E-state index contributed by atoms with van der Waals surface area (Å²) in [7, 11) is 0. The van der Waals surface area contributed by atoms with E-state index in [1.54, 1.807) is 12.1 Å². The number of nitrogens with two attached hydrogens (primary N) is 1. The summed E-state index contributed by atoms with van der Waals surface area (Å²) in [4.78, 5) is 68.0. The Balaban J connectivity index is 1.07. The van der Waals surface area contributed by atoms with Crippen LogP contribution in [0.15, 0.2) is 73.6 Å². The topological polar surface area (TPSA) is 219 Å². The lowest BCUT2D eigenvalue weighted by atomic mass is 10.0. The van der Waals surface area contributed by atoms with Crippen LogP contribution in [0.5, 0.6) is 0 Å². The highest BCUT2D eigenvalue weighted by Gasteiger charge is 2.27. The lowest BCUT2D eigenvalue weighted by molar-refractivity contribution is 0.0931. The summed E-state index contributed by atoms with van der Waals surface area (Å²) >= 11 is 0. The van der Waals surface area contributed by atoms with Crippen molar-refractivity contribution in [1.29, 1.82) is 0 Å². The Labute approximate surface area is 255 Å². The quantitative estimate of drug-likeness (QED) is 0.153. The summed E-state index contributed by atoms with van der Waals surface area (Å²) in [6.07, 6.45) is 2.75. The third-order valence-electron chi connectivity index (χ3n) is 7.76. The van der Waals surface area contributed by atoms with Gasteiger partial charge in [0.05, 0.1) is 17.9 Å². The van der Waals surface area contributed by atoms with E-state index < -0.39 is 34.2 Å². The molecule has 1 atom stereocenters. The zero-order valence-corrected chi connectivity index (χ0v) is 23.6. The number of benzene rings is 2. The van der Waals surface area contributed by atoms with Gasteiger partial charge in [-0.2, -0.15) is 5.10 Å². The number of carbonyl (C=O) groups is 2. The van der Waals surface area contributed by atoms with E-state index in [0.29, 0.717) is 29.8 Å². The van der Waals surface area contributed by atoms with E-state index in [1.807, 2.05) is 12.1 Å². The molecule has 0 unspecified atom stereocenters. The monoisotopic (exact) mass is 623 g/mol. The van der Waals surface area contributed by atoms with Crippen molar-refractivity contribution in [2.75, 3.05) is 11.1 Å². The molecular weight excluding hydrogens is 601 g/mol. The fourth-order valence-corrected chi connectivity index (χ4v) is 5.41. The average Bonchev–Trinajstić information content (AvgIpc) is 3.82. The second-order valence-corrected chi connectivity index (χ2v) is 10.6. The molecule has 0 fully saturated rings. The van der Waals surface area contributed by atoms with Crippen molar-refractivity contribution >= 4 is 34.5 Å². The number of nitrogen functional groups attached to an aromatic ring is 1. The van der Waals surface area contributed by atoms with Gasteiger partial charge in [-0.25, -0.2) is 18.7 Å². The summed E-state index contributed by atoms with van der Waals surface area (Å²) < 4.78 is 20.3. The Morgan fingerprint density at radius 3 is 2.70 bits per heavy atom. The number of hydrogen-bond donors (Lipinski definition) is 5. The number of carbonyl (C=O) groups excluding carboxylic acids is 2. The maximum atomic E-state index is 14.4. The maximum Gasteiger partial charge on any atom is 0.439 e. The molecule has 0 aliphatic heterocycles. The smallest absolute Gasteiger partial charge is 0.394 e. The van der Waals surface area contributed by atoms with Crippen molar-refractivity contribution in [1.82, 2.24) is 35.4 Å². The first-order valence-corrected chi connectivity index (χ1v) is 13.9. The van der Waals surface area contributed by atoms with E-state index >= 15 is 0 Å². The van der Waals surface area contributed by atoms with E-state index in [2.05, 4.69) is 40.7 Å². The largest absolute Gasteiger partial charge is 0.439 e. The Hall–Kier alpha value is -6.45. The summed E-state index contributed by atoms with van der Waals surface area (Å²) in [5, 5.41) is 16.1. The molecule has 230 valence electrons. The van der Waals surface area contributed by atoms with Crippen LogP contribution in [0.25, 0.3) is 17.0 Å². The number of aromatic nitrogens is 5. The third kappa shape index (κ3) is 4.96. The predicted octanol–water partition coefficient (Wildman–Crippen LogP) is 1.48. The molecule has 3 aromatic carbocycles. The first kappa shape index (κ1) is 28.3. The first-order valence-electron chi connectivity index (χ1n) is 13.9. The predicted molar refractivity (Wildman–Crippen MR) is 161 cm³/mol. The number of rotatable bonds is 8. The van der Waals surface area contributed by atoms with Crippen LogP contribution in [-0.4, -0.2) is 36.6 Å². The fourth-order valence-electron chi connectivity index (χ4n) is 5.41. The van der Waals surface area contributed by atoms with Crippen LogP contribution in [0.2, 0.25) is 0 Å². The molecule has 7 rings (SSSR count). The van der Waals surface area contributed by atoms with Gasteiger partial charge in [-0.3, -0.25) is 28.7 Å². The summed E-state index contributed by atoms with van der Waals surface area (Å²) in [5.74, 6) is -2.11. The first-order chi connectivity index (χ1) is 22.2. The van der Waals surface area contributed by atoms with Gasteiger partial charge in [-0.1, -0.05) is 23.4 Å². The molecule has 16 heteroatoms. The maximum absolute atomic E-state index is 14.4. The summed E-state index contributed by atoms with van der Waals surface area (Å²) in [6, 6.07) is 12.0. The lowest BCUT2D eigenvalue weighted by Crippen LogP contribution is -2.36. The third-order valence-corrected chi connectivity index (χ3v) is 7.76. The highest BCUT2D eigenvalue weighted by molar-refractivity contribution is 5.98. The van der Waals surface area contributed by atoms with Crippen LogP contribution in [-0.2, 0) is 13.0 Å². The van der Waals surface area contributed by atoms with Crippen molar-refractivity contribution < 1.29 is 18.5 Å². The molecular formula is C30H22FN9O6. The van der Waals surface area contributed by atoms with E-state index in [9.17, 15) is 28.4 Å². The number of hydrogen-bond acceptors (Lipinski definition) is 11. The van der Waals surface area contributed by atoms with Gasteiger partial charge in [0.2, 0.25) is 0 Å². The van der Waals surface area contributed by atoms with Crippen LogP contribution in [0, 0.1) is 5.82 Å². The minimum Gasteiger partial charge on any atom is -0.394 e. The SMILES string of the molecule is Nc1c(Nc2cc(CNC(=O)c3cc(C(=O)N[C@H]4CCc5cc(-c6noc(=O)[nH]6)ccc54)nc4ccnn34)ccc2F)c(=O)c1=O. The van der Waals surface area contributed by atoms with Crippen LogP contribution < -0.4 is 38.3 Å². The number of H-pyrrole nitrogens is 1. The van der Waals surface area contributed by atoms with Crippen molar-refractivity contribution in [3.05, 3.63) is 120 Å². The van der Waals surface area contributed by atoms with Gasteiger partial charge in [0.25, 0.3) is 22.7 Å². The number of anilines is 3. The average molecular weight is 624 g/mol. The Morgan fingerprint density at radius 2 is 1.91 bits per heavy atom. The number of fused-ring (bicyclic) bond motifs is 2. The number of nitrogens with one attached hydrogen (secondary N) is 4. The Bertz CT molecular complexity index is 2330. The van der Waals surface area contributed by atoms with Gasteiger partial charge in [0, 0.05) is 24.2 Å². The molecule has 3 heterocycles. The second-order valence-electron chi connectivity index (χ2n) is 10.6. The molecule has 15 nitrogen and oxygen atoms in total. The van der Waals surface area contributed by atoms with Crippen molar-refractivity contribution in [2.45, 2.75) is 25.4 Å². The van der Waals surface area contributed by atoms with Gasteiger partial charge in [-0.05, 0) is 47.7 Å². The molecule has 0 radical (unpaired) electrons. The van der Waals surface area contributed by atoms with Crippen molar-refractivity contribution in [2.24, 2.45) is 0 Å². The molecule has 6 aromatic rings. The van der Waals surface area contributed by atoms with Gasteiger partial charge >= 0.3 is 5.76 Å². The van der Waals surface area contributed by atoms with Crippen LogP contribution in [0.3, 0.4) is 0 Å². The van der Waals surface area contributed by atoms with Gasteiger partial charge < -0.3 is 21.7 Å². The summed E-state index contributed by atoms with van der Waals surface area (Å²) in [5.41, 5.74) is 6.63. The van der Waals surface area contributed by atoms with Gasteiger partial charge in [0.1, 0.15) is 28.6 Å². The van der Waals surface area contributed by atoms with Crippen LogP contribution in [0.4, 0.5) is 21.5 Å². The summed E-state index contributed by atoms with van der Waals surface area (Å²) in [6.45, 7) is -0.0507. The zero-order chi connectivity index (χ0) is 32.1. The molecule has 1 aliphatic rings. The number of nitrogens with zero attached hydrogens (tertiary/aromatic N) is 4. The second kappa shape index (κ2) is 10.9. The molecule has 0 saturated heterocycles. The Kier molecular flexibility index (Phi) is 6.73. The molecule has 1 aliphatic carbocycles.